The summed E-state index contributed by atoms with van der Waals surface area (Å²) in [5.74, 6) is 1.38. The van der Waals surface area contributed by atoms with Crippen molar-refractivity contribution in [3.05, 3.63) is 70.8 Å². The smallest absolute Gasteiger partial charge is 0.508 e. The van der Waals surface area contributed by atoms with Gasteiger partial charge in [-0.3, -0.25) is 0 Å². The highest BCUT2D eigenvalue weighted by Gasteiger charge is 2.22. The number of nitrogens with one attached hydrogen (secondary N) is 1. The van der Waals surface area contributed by atoms with Gasteiger partial charge in [0.05, 0.1) is 30.9 Å². The van der Waals surface area contributed by atoms with Crippen LogP contribution in [-0.2, 0) is 14.2 Å². The molecule has 0 fully saturated rings. The average Bonchev–Trinajstić information content (AvgIpc) is 3.22. The molecule has 4 rings (SSSR count). The molecule has 2 aromatic carbocycles. The number of hydrogen-bond acceptors (Lipinski definition) is 19. The Balaban J connectivity index is 0.000000382. The minimum absolute atomic E-state index is 0.0193. The maximum absolute atomic E-state index is 11.5. The van der Waals surface area contributed by atoms with E-state index in [1.54, 1.807) is 45.0 Å². The fraction of sp³-hybridized carbons (Fsp3) is 0.256. The van der Waals surface area contributed by atoms with E-state index in [0.29, 0.717) is 57.0 Å². The van der Waals surface area contributed by atoms with Crippen molar-refractivity contribution in [2.45, 2.75) is 30.8 Å². The number of ether oxygens (including phenoxy) is 4. The maximum Gasteiger partial charge on any atom is 0.513 e. The van der Waals surface area contributed by atoms with Gasteiger partial charge in [-0.15, -0.1) is 23.5 Å². The molecule has 0 aliphatic carbocycles. The lowest BCUT2D eigenvalue weighted by Crippen LogP contribution is -2.26. The van der Waals surface area contributed by atoms with Crippen molar-refractivity contribution >= 4 is 64.4 Å². The molecular formula is C39H39ClN10O8S2. The number of nitriles is 4. The van der Waals surface area contributed by atoms with Gasteiger partial charge in [0.25, 0.3) is 0 Å². The molecule has 0 aliphatic rings. The number of alkyl carbamates (subject to hydrolysis) is 1. The first-order chi connectivity index (χ1) is 28.8. The number of thioether (sulfide) groups is 2. The zero-order chi connectivity index (χ0) is 44.6. The first kappa shape index (κ1) is 49.2. The molecule has 0 unspecified atom stereocenters. The Bertz CT molecular complexity index is 2290. The summed E-state index contributed by atoms with van der Waals surface area (Å²) in [6, 6.07) is 20.6. The number of nitrogen functional groups attached to an aromatic ring is 2. The normalized spacial score (nSPS) is 9.68. The van der Waals surface area contributed by atoms with Crippen molar-refractivity contribution in [3.8, 4) is 58.0 Å². The number of phenols is 1. The van der Waals surface area contributed by atoms with Crippen LogP contribution in [0.2, 0.25) is 0 Å². The minimum Gasteiger partial charge on any atom is -0.508 e. The van der Waals surface area contributed by atoms with Crippen molar-refractivity contribution in [2.24, 2.45) is 5.73 Å². The van der Waals surface area contributed by atoms with Crippen LogP contribution in [0.4, 0.5) is 26.0 Å². The topological polar surface area (TPSA) is 319 Å². The fourth-order valence-electron chi connectivity index (χ4n) is 4.70. The number of phenolic OH excluding ortho intramolecular Hbond substituents is 1. The van der Waals surface area contributed by atoms with Crippen LogP contribution in [0.5, 0.6) is 11.5 Å². The molecule has 0 aliphatic heterocycles. The third-order valence-electron chi connectivity index (χ3n) is 7.09. The van der Waals surface area contributed by atoms with E-state index in [0.717, 1.165) is 0 Å². The van der Waals surface area contributed by atoms with Crippen molar-refractivity contribution in [3.63, 3.8) is 0 Å². The summed E-state index contributed by atoms with van der Waals surface area (Å²) >= 11 is 7.25. The molecule has 21 heteroatoms. The van der Waals surface area contributed by atoms with E-state index in [1.165, 1.54) is 47.8 Å². The summed E-state index contributed by atoms with van der Waals surface area (Å²) in [6.45, 7) is 6.57. The largest absolute Gasteiger partial charge is 0.513 e. The van der Waals surface area contributed by atoms with E-state index in [1.807, 2.05) is 12.1 Å². The van der Waals surface area contributed by atoms with E-state index < -0.39 is 17.7 Å². The molecule has 0 spiro atoms. The SMILES string of the molecule is CCOC(=O)Cl.CCOC(=O)NCCSc1nc(N)c(C#N)c(-c2ccc(OC(=O)OCC)cc2)c1C#N.N#Cc1c(N)nc(SCCN)c(C#N)c1-c1ccc(O)cc1. The average molecular weight is 875 g/mol. The molecule has 0 saturated carbocycles. The van der Waals surface area contributed by atoms with Crippen LogP contribution >= 0.6 is 35.1 Å². The number of rotatable bonds is 13. The second-order valence-corrected chi connectivity index (χ2v) is 13.4. The highest BCUT2D eigenvalue weighted by molar-refractivity contribution is 7.99. The van der Waals surface area contributed by atoms with Gasteiger partial charge in [0.2, 0.25) is 0 Å². The summed E-state index contributed by atoms with van der Waals surface area (Å²) in [5.41, 5.74) is 19.2. The zero-order valence-electron chi connectivity index (χ0n) is 32.5. The lowest BCUT2D eigenvalue weighted by atomic mass is 9.97. The molecule has 2 aromatic heterocycles. The summed E-state index contributed by atoms with van der Waals surface area (Å²) < 4.78 is 18.7. The van der Waals surface area contributed by atoms with E-state index in [-0.39, 0.29) is 65.1 Å². The lowest BCUT2D eigenvalue weighted by molar-refractivity contribution is 0.104. The molecule has 312 valence electrons. The predicted octanol–water partition coefficient (Wildman–Crippen LogP) is 6.66. The van der Waals surface area contributed by atoms with Crippen LogP contribution in [0, 0.1) is 45.3 Å². The van der Waals surface area contributed by atoms with Gasteiger partial charge in [0.1, 0.15) is 68.6 Å². The van der Waals surface area contributed by atoms with Gasteiger partial charge in [-0.1, -0.05) is 24.3 Å². The summed E-state index contributed by atoms with van der Waals surface area (Å²) in [6.07, 6.45) is -1.37. The number of aromatic nitrogens is 2. The van der Waals surface area contributed by atoms with Crippen molar-refractivity contribution < 1.29 is 38.4 Å². The number of carbonyl (C=O) groups excluding carboxylic acids is 3. The number of halogens is 1. The Kier molecular flexibility index (Phi) is 21.4. The van der Waals surface area contributed by atoms with Crippen LogP contribution in [0.3, 0.4) is 0 Å². The molecule has 0 radical (unpaired) electrons. The molecule has 4 aromatic rings. The number of nitrogens with two attached hydrogens (primary N) is 3. The molecular weight excluding hydrogens is 836 g/mol. The Hall–Kier alpha value is -6.94. The maximum atomic E-state index is 11.5. The molecule has 0 saturated heterocycles. The van der Waals surface area contributed by atoms with Gasteiger partial charge in [-0.2, -0.15) is 21.0 Å². The van der Waals surface area contributed by atoms with Gasteiger partial charge in [-0.05, 0) is 56.2 Å². The molecule has 2 heterocycles. The monoisotopic (exact) mass is 874 g/mol. The number of pyridine rings is 2. The Morgan fingerprint density at radius 3 is 1.57 bits per heavy atom. The number of anilines is 2. The first-order valence-corrected chi connectivity index (χ1v) is 19.9. The van der Waals surface area contributed by atoms with Gasteiger partial charge in [-0.25, -0.2) is 24.4 Å². The lowest BCUT2D eigenvalue weighted by Gasteiger charge is -2.13. The van der Waals surface area contributed by atoms with E-state index in [4.69, 9.17) is 43.0 Å². The Labute approximate surface area is 359 Å². The van der Waals surface area contributed by atoms with E-state index in [9.17, 15) is 40.5 Å². The molecule has 1 amide bonds. The number of amides is 1. The quantitative estimate of drug-likeness (QED) is 0.0234. The number of carbonyl (C=O) groups is 3. The van der Waals surface area contributed by atoms with Crippen molar-refractivity contribution in [1.82, 2.24) is 15.3 Å². The highest BCUT2D eigenvalue weighted by atomic mass is 35.5. The van der Waals surface area contributed by atoms with E-state index in [2.05, 4.69) is 32.2 Å². The molecule has 0 atom stereocenters. The minimum atomic E-state index is -0.834. The number of nitrogens with zero attached hydrogens (tertiary/aromatic N) is 6. The Morgan fingerprint density at radius 2 is 1.17 bits per heavy atom. The van der Waals surface area contributed by atoms with Crippen molar-refractivity contribution in [1.29, 1.82) is 21.0 Å². The number of aromatic hydroxyl groups is 1. The number of hydrogen-bond donors (Lipinski definition) is 5. The van der Waals surface area contributed by atoms with Crippen LogP contribution in [-0.4, -0.2) is 77.2 Å². The molecule has 8 N–H and O–H groups in total. The van der Waals surface area contributed by atoms with Crippen LogP contribution in [0.15, 0.2) is 58.6 Å². The van der Waals surface area contributed by atoms with Crippen molar-refractivity contribution in [2.75, 3.05) is 55.9 Å². The van der Waals surface area contributed by atoms with Gasteiger partial charge >= 0.3 is 17.7 Å². The van der Waals surface area contributed by atoms with Gasteiger partial charge in [0, 0.05) is 47.3 Å². The van der Waals surface area contributed by atoms with Gasteiger partial charge in [0.15, 0.2) is 0 Å². The third-order valence-corrected chi connectivity index (χ3v) is 9.19. The third kappa shape index (κ3) is 14.8. The van der Waals surface area contributed by atoms with Crippen LogP contribution < -0.4 is 27.3 Å². The second-order valence-electron chi connectivity index (χ2n) is 11.0. The highest BCUT2D eigenvalue weighted by Crippen LogP contribution is 2.37. The second kappa shape index (κ2) is 26.1. The molecule has 60 heavy (non-hydrogen) atoms. The predicted molar refractivity (Wildman–Crippen MR) is 225 cm³/mol. The van der Waals surface area contributed by atoms with E-state index >= 15 is 0 Å². The molecule has 18 nitrogen and oxygen atoms in total. The summed E-state index contributed by atoms with van der Waals surface area (Å²) in [5, 5.41) is 51.0. The standard InChI is InChI=1S/C21H21N5O5S.C15H13N5OS.C3H5ClO2/c1-3-29-20(27)25-9-10-32-19-16(12-23)17(15(11-22)18(24)26-19)13-5-7-14(8-6-13)31-21(28)30-4-2;16-5-6-22-15-12(8-18)13(11(7-17)14(19)20-15)9-1-3-10(21)4-2-9;1-2-6-3(4)5/h5-8H,3-4,9-10H2,1-2H3,(H2,24,26)(H,25,27);1-4,21H,5-6,16H2,(H2,19,20);2H2,1H3. The summed E-state index contributed by atoms with van der Waals surface area (Å²) in [4.78, 5) is 40.8. The zero-order valence-corrected chi connectivity index (χ0v) is 34.9. The van der Waals surface area contributed by atoms with Crippen LogP contribution in [0.1, 0.15) is 43.0 Å². The fourth-order valence-corrected chi connectivity index (χ4v) is 6.42. The molecule has 0 bridgehead atoms. The van der Waals surface area contributed by atoms with Gasteiger partial charge < -0.3 is 46.6 Å². The Morgan fingerprint density at radius 1 is 0.717 bits per heavy atom. The summed E-state index contributed by atoms with van der Waals surface area (Å²) in [7, 11) is 0. The van der Waals surface area contributed by atoms with Crippen LogP contribution in [0.25, 0.3) is 22.3 Å². The number of benzene rings is 2. The first-order valence-electron chi connectivity index (χ1n) is 17.5.